The third-order valence-electron chi connectivity index (χ3n) is 4.14. The number of fused-ring (bicyclic) bond motifs is 1. The van der Waals surface area contributed by atoms with Crippen molar-refractivity contribution in [2.45, 2.75) is 26.1 Å². The van der Waals surface area contributed by atoms with E-state index in [4.69, 9.17) is 18.6 Å². The van der Waals surface area contributed by atoms with Crippen LogP contribution < -0.4 is 14.8 Å². The van der Waals surface area contributed by atoms with Gasteiger partial charge < -0.3 is 29.1 Å². The Bertz CT molecular complexity index is 937. The Balaban J connectivity index is 1.38. The molecule has 0 saturated carbocycles. The average Bonchev–Trinajstić information content (AvgIpc) is 3.16. The van der Waals surface area contributed by atoms with E-state index >= 15 is 0 Å². The molecule has 0 saturated heterocycles. The molecule has 0 aliphatic rings. The van der Waals surface area contributed by atoms with E-state index in [9.17, 15) is 9.90 Å². The normalized spacial score (nSPS) is 12.1. The van der Waals surface area contributed by atoms with Crippen LogP contribution in [-0.2, 0) is 4.74 Å². The second-order valence-corrected chi connectivity index (χ2v) is 7.09. The molecule has 0 radical (unpaired) electrons. The molecule has 0 aliphatic carbocycles. The molecule has 7 nitrogen and oxygen atoms in total. The Morgan fingerprint density at radius 2 is 1.87 bits per heavy atom. The van der Waals surface area contributed by atoms with Crippen LogP contribution in [0, 0.1) is 0 Å². The van der Waals surface area contributed by atoms with Crippen LogP contribution in [0.15, 0.2) is 59.0 Å². The lowest BCUT2D eigenvalue weighted by Gasteiger charge is -2.13. The van der Waals surface area contributed by atoms with E-state index in [0.717, 1.165) is 11.1 Å². The van der Waals surface area contributed by atoms with Crippen LogP contribution in [0.4, 0.5) is 0 Å². The SMILES string of the molecule is CC(C)OC(=O)c1cc2cc(OCCNC[C@H](O)COc3ccccc3)ccc2o1. The van der Waals surface area contributed by atoms with Gasteiger partial charge >= 0.3 is 5.97 Å². The number of para-hydroxylation sites is 1. The van der Waals surface area contributed by atoms with Gasteiger partial charge in [-0.25, -0.2) is 4.79 Å². The van der Waals surface area contributed by atoms with Crippen LogP contribution in [0.1, 0.15) is 24.4 Å². The van der Waals surface area contributed by atoms with Crippen molar-refractivity contribution in [1.29, 1.82) is 0 Å². The molecule has 2 aromatic carbocycles. The molecule has 0 amide bonds. The maximum atomic E-state index is 12.0. The first kappa shape index (κ1) is 21.7. The van der Waals surface area contributed by atoms with Gasteiger partial charge in [0.2, 0.25) is 5.76 Å². The molecule has 0 spiro atoms. The highest BCUT2D eigenvalue weighted by atomic mass is 16.6. The smallest absolute Gasteiger partial charge is 0.374 e. The Morgan fingerprint density at radius 1 is 1.07 bits per heavy atom. The molecule has 0 bridgehead atoms. The van der Waals surface area contributed by atoms with E-state index in [0.29, 0.717) is 31.0 Å². The molecule has 1 heterocycles. The highest BCUT2D eigenvalue weighted by Gasteiger charge is 2.15. The summed E-state index contributed by atoms with van der Waals surface area (Å²) in [6, 6.07) is 16.4. The number of rotatable bonds is 11. The van der Waals surface area contributed by atoms with Gasteiger partial charge in [-0.3, -0.25) is 0 Å². The van der Waals surface area contributed by atoms with Gasteiger partial charge in [0.05, 0.1) is 6.10 Å². The first-order valence-corrected chi connectivity index (χ1v) is 9.95. The van der Waals surface area contributed by atoms with Gasteiger partial charge in [-0.05, 0) is 50.2 Å². The third kappa shape index (κ3) is 6.50. The third-order valence-corrected chi connectivity index (χ3v) is 4.14. The molecule has 1 aromatic heterocycles. The van der Waals surface area contributed by atoms with Gasteiger partial charge in [0.15, 0.2) is 0 Å². The predicted octanol–water partition coefficient (Wildman–Crippen LogP) is 3.41. The Labute approximate surface area is 175 Å². The fourth-order valence-electron chi connectivity index (χ4n) is 2.76. The summed E-state index contributed by atoms with van der Waals surface area (Å²) in [5.41, 5.74) is 0.595. The van der Waals surface area contributed by atoms with Crippen LogP contribution in [0.25, 0.3) is 11.0 Å². The van der Waals surface area contributed by atoms with Crippen molar-refractivity contribution in [1.82, 2.24) is 5.32 Å². The minimum atomic E-state index is -0.614. The average molecular weight is 413 g/mol. The minimum Gasteiger partial charge on any atom is -0.492 e. The molecular formula is C23H27NO6. The van der Waals surface area contributed by atoms with Gasteiger partial charge in [-0.2, -0.15) is 0 Å². The Morgan fingerprint density at radius 3 is 2.63 bits per heavy atom. The maximum absolute atomic E-state index is 12.0. The van der Waals surface area contributed by atoms with Crippen LogP contribution in [0.5, 0.6) is 11.5 Å². The molecule has 1 atom stereocenters. The van der Waals surface area contributed by atoms with Gasteiger partial charge in [0.1, 0.15) is 36.4 Å². The van der Waals surface area contributed by atoms with E-state index < -0.39 is 12.1 Å². The zero-order valence-electron chi connectivity index (χ0n) is 17.2. The van der Waals surface area contributed by atoms with Crippen molar-refractivity contribution in [2.24, 2.45) is 0 Å². The van der Waals surface area contributed by atoms with E-state index in [1.807, 2.05) is 36.4 Å². The summed E-state index contributed by atoms with van der Waals surface area (Å²) in [4.78, 5) is 12.0. The second-order valence-electron chi connectivity index (χ2n) is 7.09. The Hall–Kier alpha value is -3.03. The van der Waals surface area contributed by atoms with Gasteiger partial charge in [0.25, 0.3) is 0 Å². The first-order chi connectivity index (χ1) is 14.5. The summed E-state index contributed by atoms with van der Waals surface area (Å²) in [6.45, 7) is 5.19. The fourth-order valence-corrected chi connectivity index (χ4v) is 2.76. The predicted molar refractivity (Wildman–Crippen MR) is 113 cm³/mol. The van der Waals surface area contributed by atoms with Crippen LogP contribution in [-0.4, -0.2) is 49.6 Å². The number of aliphatic hydroxyl groups is 1. The molecule has 3 aromatic rings. The van der Waals surface area contributed by atoms with Crippen molar-refractivity contribution < 1.29 is 28.5 Å². The van der Waals surface area contributed by atoms with Crippen molar-refractivity contribution in [3.05, 3.63) is 60.4 Å². The zero-order chi connectivity index (χ0) is 21.3. The second kappa shape index (κ2) is 10.7. The first-order valence-electron chi connectivity index (χ1n) is 9.95. The lowest BCUT2D eigenvalue weighted by atomic mass is 10.2. The number of benzene rings is 2. The molecule has 0 aliphatic heterocycles. The Kier molecular flexibility index (Phi) is 7.70. The summed E-state index contributed by atoms with van der Waals surface area (Å²) in [5, 5.41) is 13.9. The van der Waals surface area contributed by atoms with Crippen molar-refractivity contribution in [3.8, 4) is 11.5 Å². The summed E-state index contributed by atoms with van der Waals surface area (Å²) in [5.74, 6) is 1.09. The quantitative estimate of drug-likeness (QED) is 0.368. The lowest BCUT2D eigenvalue weighted by Crippen LogP contribution is -2.33. The molecule has 2 N–H and O–H groups in total. The molecule has 30 heavy (non-hydrogen) atoms. The van der Waals surface area contributed by atoms with Crippen molar-refractivity contribution in [3.63, 3.8) is 0 Å². The number of hydrogen-bond acceptors (Lipinski definition) is 7. The van der Waals surface area contributed by atoms with E-state index in [2.05, 4.69) is 5.32 Å². The minimum absolute atomic E-state index is 0.171. The molecule has 160 valence electrons. The number of ether oxygens (including phenoxy) is 3. The lowest BCUT2D eigenvalue weighted by molar-refractivity contribution is 0.0344. The molecule has 0 unspecified atom stereocenters. The number of hydrogen-bond donors (Lipinski definition) is 2. The number of aliphatic hydroxyl groups excluding tert-OH is 1. The number of esters is 1. The molecule has 3 rings (SSSR count). The fraction of sp³-hybridized carbons (Fsp3) is 0.348. The largest absolute Gasteiger partial charge is 0.492 e. The monoisotopic (exact) mass is 413 g/mol. The van der Waals surface area contributed by atoms with Crippen LogP contribution in [0.3, 0.4) is 0 Å². The summed E-state index contributed by atoms with van der Waals surface area (Å²) < 4.78 is 21.9. The topological polar surface area (TPSA) is 90.2 Å². The molecule has 0 fully saturated rings. The zero-order valence-corrected chi connectivity index (χ0v) is 17.2. The highest BCUT2D eigenvalue weighted by molar-refractivity contribution is 5.93. The number of carbonyl (C=O) groups excluding carboxylic acids is 1. The van der Waals surface area contributed by atoms with Crippen molar-refractivity contribution >= 4 is 16.9 Å². The summed E-state index contributed by atoms with van der Waals surface area (Å²) in [6.07, 6.45) is -0.822. The van der Waals surface area contributed by atoms with Gasteiger partial charge in [-0.1, -0.05) is 18.2 Å². The standard InChI is InChI=1S/C23H27NO6/c1-16(2)29-23(26)22-13-17-12-20(8-9-21(17)30-22)27-11-10-24-14-18(25)15-28-19-6-4-3-5-7-19/h3-9,12-13,16,18,24-25H,10-11,14-15H2,1-2H3/t18-/m0/s1. The highest BCUT2D eigenvalue weighted by Crippen LogP contribution is 2.25. The number of carbonyl (C=O) groups is 1. The van der Waals surface area contributed by atoms with Crippen LogP contribution in [0.2, 0.25) is 0 Å². The van der Waals surface area contributed by atoms with Crippen LogP contribution >= 0.6 is 0 Å². The summed E-state index contributed by atoms with van der Waals surface area (Å²) >= 11 is 0. The summed E-state index contributed by atoms with van der Waals surface area (Å²) in [7, 11) is 0. The van der Waals surface area contributed by atoms with E-state index in [-0.39, 0.29) is 18.5 Å². The number of furan rings is 1. The molecule has 7 heteroatoms. The van der Waals surface area contributed by atoms with E-state index in [1.165, 1.54) is 0 Å². The maximum Gasteiger partial charge on any atom is 0.374 e. The van der Waals surface area contributed by atoms with Gasteiger partial charge in [-0.15, -0.1) is 0 Å². The van der Waals surface area contributed by atoms with E-state index in [1.54, 1.807) is 32.0 Å². The van der Waals surface area contributed by atoms with Crippen molar-refractivity contribution in [2.75, 3.05) is 26.3 Å². The number of nitrogens with one attached hydrogen (secondary N) is 1. The van der Waals surface area contributed by atoms with Gasteiger partial charge in [0, 0.05) is 18.5 Å². The molecular weight excluding hydrogens is 386 g/mol.